The van der Waals surface area contributed by atoms with Gasteiger partial charge >= 0.3 is 0 Å². The molecule has 0 bridgehead atoms. The van der Waals surface area contributed by atoms with E-state index in [-0.39, 0.29) is 12.5 Å². The minimum Gasteiger partial charge on any atom is -0.496 e. The summed E-state index contributed by atoms with van der Waals surface area (Å²) in [7, 11) is 1.63. The molecule has 0 spiro atoms. The molecule has 1 aromatic heterocycles. The van der Waals surface area contributed by atoms with E-state index in [1.807, 2.05) is 48.5 Å². The number of nitrogens with two attached hydrogens (primary N) is 1. The zero-order chi connectivity index (χ0) is 18.5. The van der Waals surface area contributed by atoms with Crippen molar-refractivity contribution in [3.8, 4) is 5.75 Å². The number of fused-ring (bicyclic) bond motifs is 1. The molecular weight excluding hydrogens is 330 g/mol. The first-order valence-corrected chi connectivity index (χ1v) is 8.36. The Morgan fingerprint density at radius 2 is 1.85 bits per heavy atom. The highest BCUT2D eigenvalue weighted by Gasteiger charge is 2.14. The van der Waals surface area contributed by atoms with Crippen molar-refractivity contribution in [3.05, 3.63) is 65.9 Å². The monoisotopic (exact) mass is 351 g/mol. The summed E-state index contributed by atoms with van der Waals surface area (Å²) in [4.78, 5) is 23.9. The van der Waals surface area contributed by atoms with Crippen LogP contribution in [0.15, 0.2) is 54.7 Å². The molecule has 0 aliphatic rings. The Kier molecular flexibility index (Phi) is 5.22. The van der Waals surface area contributed by atoms with E-state index in [0.29, 0.717) is 18.5 Å². The summed E-state index contributed by atoms with van der Waals surface area (Å²) >= 11 is 0. The van der Waals surface area contributed by atoms with E-state index in [2.05, 4.69) is 5.32 Å². The van der Waals surface area contributed by atoms with Crippen LogP contribution >= 0.6 is 0 Å². The van der Waals surface area contributed by atoms with Crippen LogP contribution in [0.3, 0.4) is 0 Å². The van der Waals surface area contributed by atoms with Gasteiger partial charge in [-0.25, -0.2) is 0 Å². The van der Waals surface area contributed by atoms with Crippen LogP contribution in [-0.4, -0.2) is 30.0 Å². The third-order valence-corrected chi connectivity index (χ3v) is 4.28. The molecule has 0 aliphatic carbocycles. The van der Waals surface area contributed by atoms with E-state index in [1.54, 1.807) is 17.9 Å². The van der Waals surface area contributed by atoms with Crippen LogP contribution in [0.4, 0.5) is 0 Å². The molecule has 26 heavy (non-hydrogen) atoms. The van der Waals surface area contributed by atoms with E-state index in [0.717, 1.165) is 22.2 Å². The van der Waals surface area contributed by atoms with Gasteiger partial charge < -0.3 is 20.4 Å². The molecule has 3 N–H and O–H groups in total. The average molecular weight is 351 g/mol. The quantitative estimate of drug-likeness (QED) is 0.683. The van der Waals surface area contributed by atoms with Gasteiger partial charge in [-0.15, -0.1) is 0 Å². The maximum absolute atomic E-state index is 12.3. The minimum absolute atomic E-state index is 0.125. The SMILES string of the molecule is COc1ccccc1CCNC(=O)Cn1cc(C(N)=O)c2ccccc21. The van der Waals surface area contributed by atoms with Gasteiger partial charge in [0.15, 0.2) is 0 Å². The first-order valence-electron chi connectivity index (χ1n) is 8.36. The van der Waals surface area contributed by atoms with E-state index in [9.17, 15) is 9.59 Å². The van der Waals surface area contributed by atoms with Crippen LogP contribution in [0.1, 0.15) is 15.9 Å². The van der Waals surface area contributed by atoms with E-state index >= 15 is 0 Å². The van der Waals surface area contributed by atoms with Crippen LogP contribution in [0.25, 0.3) is 10.9 Å². The number of para-hydroxylation sites is 2. The summed E-state index contributed by atoms with van der Waals surface area (Å²) < 4.78 is 7.06. The van der Waals surface area contributed by atoms with Gasteiger partial charge in [-0.05, 0) is 24.1 Å². The van der Waals surface area contributed by atoms with Crippen molar-refractivity contribution in [2.75, 3.05) is 13.7 Å². The molecule has 2 amide bonds. The van der Waals surface area contributed by atoms with Gasteiger partial charge in [0.2, 0.25) is 5.91 Å². The topological polar surface area (TPSA) is 86.3 Å². The van der Waals surface area contributed by atoms with Crippen molar-refractivity contribution in [1.82, 2.24) is 9.88 Å². The molecule has 6 nitrogen and oxygen atoms in total. The van der Waals surface area contributed by atoms with Crippen LogP contribution in [-0.2, 0) is 17.8 Å². The lowest BCUT2D eigenvalue weighted by Crippen LogP contribution is -2.29. The maximum Gasteiger partial charge on any atom is 0.250 e. The molecule has 0 atom stereocenters. The first kappa shape index (κ1) is 17.5. The summed E-state index contributed by atoms with van der Waals surface area (Å²) in [6.07, 6.45) is 2.31. The standard InChI is InChI=1S/C20H21N3O3/c1-26-18-9-5-2-6-14(18)10-11-22-19(24)13-23-12-16(20(21)25)15-7-3-4-8-17(15)23/h2-9,12H,10-11,13H2,1H3,(H2,21,25)(H,22,24). The van der Waals surface area contributed by atoms with Gasteiger partial charge in [0.1, 0.15) is 12.3 Å². The fourth-order valence-electron chi connectivity index (χ4n) is 3.03. The molecule has 134 valence electrons. The van der Waals surface area contributed by atoms with Crippen molar-refractivity contribution in [2.45, 2.75) is 13.0 Å². The summed E-state index contributed by atoms with van der Waals surface area (Å²) in [6.45, 7) is 0.626. The maximum atomic E-state index is 12.3. The fourth-order valence-corrected chi connectivity index (χ4v) is 3.03. The number of rotatable bonds is 7. The third-order valence-electron chi connectivity index (χ3n) is 4.28. The Balaban J connectivity index is 1.65. The number of amides is 2. The number of primary amides is 1. The van der Waals surface area contributed by atoms with Crippen LogP contribution in [0.5, 0.6) is 5.75 Å². The highest BCUT2D eigenvalue weighted by Crippen LogP contribution is 2.21. The van der Waals surface area contributed by atoms with Gasteiger partial charge in [-0.1, -0.05) is 36.4 Å². The highest BCUT2D eigenvalue weighted by molar-refractivity contribution is 6.06. The molecule has 0 saturated carbocycles. The molecule has 1 heterocycles. The Hall–Kier alpha value is -3.28. The van der Waals surface area contributed by atoms with Gasteiger partial charge in [0, 0.05) is 23.6 Å². The Labute approximate surface area is 151 Å². The summed E-state index contributed by atoms with van der Waals surface area (Å²) in [5.74, 6) is 0.178. The lowest BCUT2D eigenvalue weighted by atomic mass is 10.1. The molecule has 0 unspecified atom stereocenters. The number of nitrogens with zero attached hydrogens (tertiary/aromatic N) is 1. The zero-order valence-corrected chi connectivity index (χ0v) is 14.6. The molecule has 6 heteroatoms. The van der Waals surface area contributed by atoms with E-state index < -0.39 is 5.91 Å². The summed E-state index contributed by atoms with van der Waals surface area (Å²) in [5.41, 5.74) is 7.70. The first-order chi connectivity index (χ1) is 12.6. The van der Waals surface area contributed by atoms with Crippen LogP contribution in [0.2, 0.25) is 0 Å². The Bertz CT molecular complexity index is 946. The molecule has 0 fully saturated rings. The second-order valence-electron chi connectivity index (χ2n) is 5.96. The second-order valence-corrected chi connectivity index (χ2v) is 5.96. The fraction of sp³-hybridized carbons (Fsp3) is 0.200. The Morgan fingerprint density at radius 1 is 1.12 bits per heavy atom. The number of benzene rings is 2. The third kappa shape index (κ3) is 3.69. The lowest BCUT2D eigenvalue weighted by molar-refractivity contribution is -0.121. The molecule has 0 saturated heterocycles. The van der Waals surface area contributed by atoms with Gasteiger partial charge in [-0.3, -0.25) is 9.59 Å². The number of aromatic nitrogens is 1. The predicted octanol–water partition coefficient (Wildman–Crippen LogP) is 2.11. The molecule has 0 aliphatic heterocycles. The number of carbonyl (C=O) groups is 2. The van der Waals surface area contributed by atoms with Crippen LogP contribution < -0.4 is 15.8 Å². The van der Waals surface area contributed by atoms with Crippen LogP contribution in [0, 0.1) is 0 Å². The largest absolute Gasteiger partial charge is 0.496 e. The number of nitrogens with one attached hydrogen (secondary N) is 1. The molecule has 3 rings (SSSR count). The smallest absolute Gasteiger partial charge is 0.250 e. The van der Waals surface area contributed by atoms with E-state index in [1.165, 1.54) is 0 Å². The summed E-state index contributed by atoms with van der Waals surface area (Å²) in [5, 5.41) is 3.65. The number of carbonyl (C=O) groups excluding carboxylic acids is 2. The van der Waals surface area contributed by atoms with Crippen molar-refractivity contribution in [3.63, 3.8) is 0 Å². The summed E-state index contributed by atoms with van der Waals surface area (Å²) in [6, 6.07) is 15.1. The number of methoxy groups -OCH3 is 1. The second kappa shape index (κ2) is 7.74. The zero-order valence-electron chi connectivity index (χ0n) is 14.6. The average Bonchev–Trinajstić information content (AvgIpc) is 3.01. The van der Waals surface area contributed by atoms with E-state index in [4.69, 9.17) is 10.5 Å². The van der Waals surface area contributed by atoms with Crippen molar-refractivity contribution < 1.29 is 14.3 Å². The normalized spacial score (nSPS) is 10.7. The number of ether oxygens (including phenoxy) is 1. The predicted molar refractivity (Wildman–Crippen MR) is 100 cm³/mol. The van der Waals surface area contributed by atoms with Gasteiger partial charge in [0.25, 0.3) is 5.91 Å². The minimum atomic E-state index is -0.503. The number of hydrogen-bond donors (Lipinski definition) is 2. The molecular formula is C20H21N3O3. The molecule has 3 aromatic rings. The van der Waals surface area contributed by atoms with Gasteiger partial charge in [0.05, 0.1) is 12.7 Å². The van der Waals surface area contributed by atoms with Crippen molar-refractivity contribution in [1.29, 1.82) is 0 Å². The van der Waals surface area contributed by atoms with Crippen molar-refractivity contribution in [2.24, 2.45) is 5.73 Å². The van der Waals surface area contributed by atoms with Gasteiger partial charge in [-0.2, -0.15) is 0 Å². The lowest BCUT2D eigenvalue weighted by Gasteiger charge is -2.10. The number of hydrogen-bond acceptors (Lipinski definition) is 3. The molecule has 0 radical (unpaired) electrons. The van der Waals surface area contributed by atoms with Crippen molar-refractivity contribution >= 4 is 22.7 Å². The molecule has 2 aromatic carbocycles. The highest BCUT2D eigenvalue weighted by atomic mass is 16.5. The Morgan fingerprint density at radius 3 is 2.62 bits per heavy atom.